The largest absolute Gasteiger partial charge is 0.433 e. The Morgan fingerprint density at radius 3 is 2.47 bits per heavy atom. The zero-order chi connectivity index (χ0) is 14.5. The predicted octanol–water partition coefficient (Wildman–Crippen LogP) is 4.76. The normalized spacial score (nSPS) is 13.6. The molecule has 0 aliphatic rings. The van der Waals surface area contributed by atoms with Crippen molar-refractivity contribution in [2.24, 2.45) is 0 Å². The maximum atomic E-state index is 12.4. The van der Waals surface area contributed by atoms with E-state index < -0.39 is 18.0 Å². The molecule has 108 valence electrons. The molecule has 1 unspecified atom stereocenters. The van der Waals surface area contributed by atoms with E-state index in [1.54, 1.807) is 0 Å². The van der Waals surface area contributed by atoms with Crippen LogP contribution in [0.15, 0.2) is 12.1 Å². The van der Waals surface area contributed by atoms with Crippen LogP contribution in [0, 0.1) is 0 Å². The minimum Gasteiger partial charge on any atom is -0.388 e. The lowest BCUT2D eigenvalue weighted by atomic mass is 10.0. The first-order chi connectivity index (χ1) is 8.86. The monoisotopic (exact) mass is 295 g/mol. The van der Waals surface area contributed by atoms with Gasteiger partial charge in [-0.05, 0) is 12.5 Å². The van der Waals surface area contributed by atoms with Crippen molar-refractivity contribution >= 4 is 11.6 Å². The molecular weight excluding hydrogens is 279 g/mol. The van der Waals surface area contributed by atoms with E-state index in [4.69, 9.17) is 11.6 Å². The van der Waals surface area contributed by atoms with Gasteiger partial charge in [0.05, 0.1) is 6.10 Å². The lowest BCUT2D eigenvalue weighted by Gasteiger charge is -2.13. The second kappa shape index (κ2) is 7.10. The Bertz CT molecular complexity index is 409. The first kappa shape index (κ1) is 16.2. The average molecular weight is 296 g/mol. The van der Waals surface area contributed by atoms with Gasteiger partial charge in [0.1, 0.15) is 10.8 Å². The second-order valence-corrected chi connectivity index (χ2v) is 4.80. The van der Waals surface area contributed by atoms with Gasteiger partial charge in [-0.1, -0.05) is 50.3 Å². The van der Waals surface area contributed by atoms with Gasteiger partial charge in [0.15, 0.2) is 0 Å². The van der Waals surface area contributed by atoms with Crippen LogP contribution in [0.3, 0.4) is 0 Å². The maximum Gasteiger partial charge on any atom is 0.433 e. The Balaban J connectivity index is 2.68. The molecule has 1 aromatic rings. The zero-order valence-corrected chi connectivity index (χ0v) is 11.4. The lowest BCUT2D eigenvalue weighted by Crippen LogP contribution is -2.09. The van der Waals surface area contributed by atoms with E-state index in [9.17, 15) is 18.3 Å². The minimum atomic E-state index is -4.52. The number of pyridine rings is 1. The molecule has 0 aliphatic heterocycles. The van der Waals surface area contributed by atoms with Gasteiger partial charge in [-0.2, -0.15) is 13.2 Å². The third-order valence-electron chi connectivity index (χ3n) is 2.86. The molecule has 1 heterocycles. The van der Waals surface area contributed by atoms with Gasteiger partial charge >= 0.3 is 6.18 Å². The molecule has 1 N–H and O–H groups in total. The van der Waals surface area contributed by atoms with Crippen LogP contribution in [0.1, 0.15) is 56.4 Å². The van der Waals surface area contributed by atoms with E-state index in [-0.39, 0.29) is 10.7 Å². The highest BCUT2D eigenvalue weighted by Crippen LogP contribution is 2.32. The first-order valence-electron chi connectivity index (χ1n) is 6.28. The Morgan fingerprint density at radius 1 is 1.26 bits per heavy atom. The van der Waals surface area contributed by atoms with Gasteiger partial charge in [0.25, 0.3) is 0 Å². The third-order valence-corrected chi connectivity index (χ3v) is 3.16. The Hall–Kier alpha value is -0.810. The quantitative estimate of drug-likeness (QED) is 0.606. The third kappa shape index (κ3) is 4.99. The number of hydrogen-bond donors (Lipinski definition) is 1. The maximum absolute atomic E-state index is 12.4. The summed E-state index contributed by atoms with van der Waals surface area (Å²) in [4.78, 5) is 3.29. The number of unbranched alkanes of at least 4 members (excludes halogenated alkanes) is 3. The van der Waals surface area contributed by atoms with E-state index in [2.05, 4.69) is 11.9 Å². The number of alkyl halides is 3. The summed E-state index contributed by atoms with van der Waals surface area (Å²) in [6, 6.07) is 2.04. The summed E-state index contributed by atoms with van der Waals surface area (Å²) < 4.78 is 37.2. The molecule has 2 nitrogen and oxygen atoms in total. The van der Waals surface area contributed by atoms with E-state index in [0.29, 0.717) is 6.42 Å². The fourth-order valence-corrected chi connectivity index (χ4v) is 2.05. The van der Waals surface area contributed by atoms with Gasteiger partial charge in [-0.3, -0.25) is 0 Å². The smallest absolute Gasteiger partial charge is 0.388 e. The van der Waals surface area contributed by atoms with Crippen LogP contribution >= 0.6 is 11.6 Å². The highest BCUT2D eigenvalue weighted by Gasteiger charge is 2.33. The van der Waals surface area contributed by atoms with Crippen LogP contribution in [0.4, 0.5) is 13.2 Å². The number of hydrogen-bond acceptors (Lipinski definition) is 2. The van der Waals surface area contributed by atoms with E-state index >= 15 is 0 Å². The number of aliphatic hydroxyl groups is 1. The summed E-state index contributed by atoms with van der Waals surface area (Å²) in [6.45, 7) is 2.08. The number of aliphatic hydroxyl groups excluding tert-OH is 1. The van der Waals surface area contributed by atoms with Crippen LogP contribution < -0.4 is 0 Å². The Labute approximate surface area is 115 Å². The van der Waals surface area contributed by atoms with Gasteiger partial charge in [-0.15, -0.1) is 0 Å². The SMILES string of the molecule is CCCCCCC(O)c1ccc(C(F)(F)F)nc1Cl. The fraction of sp³-hybridized carbons (Fsp3) is 0.615. The molecular formula is C13H17ClF3NO. The van der Waals surface area contributed by atoms with Crippen molar-refractivity contribution in [1.82, 2.24) is 4.98 Å². The average Bonchev–Trinajstić information content (AvgIpc) is 2.33. The molecule has 0 amide bonds. The van der Waals surface area contributed by atoms with Crippen molar-refractivity contribution in [2.45, 2.75) is 51.3 Å². The fourth-order valence-electron chi connectivity index (χ4n) is 1.77. The van der Waals surface area contributed by atoms with Crippen molar-refractivity contribution in [3.05, 3.63) is 28.5 Å². The molecule has 0 fully saturated rings. The van der Waals surface area contributed by atoms with Crippen molar-refractivity contribution in [2.75, 3.05) is 0 Å². The lowest BCUT2D eigenvalue weighted by molar-refractivity contribution is -0.141. The molecule has 0 radical (unpaired) electrons. The highest BCUT2D eigenvalue weighted by molar-refractivity contribution is 6.30. The topological polar surface area (TPSA) is 33.1 Å². The molecule has 0 aromatic carbocycles. The van der Waals surface area contributed by atoms with E-state index in [1.807, 2.05) is 0 Å². The van der Waals surface area contributed by atoms with Crippen molar-refractivity contribution in [3.8, 4) is 0 Å². The highest BCUT2D eigenvalue weighted by atomic mass is 35.5. The molecule has 0 saturated carbocycles. The van der Waals surface area contributed by atoms with Crippen molar-refractivity contribution < 1.29 is 18.3 Å². The standard InChI is InChI=1S/C13H17ClF3NO/c1-2-3-4-5-6-10(19)9-7-8-11(13(15,16)17)18-12(9)14/h7-8,10,19H,2-6H2,1H3. The minimum absolute atomic E-state index is 0.256. The molecule has 6 heteroatoms. The molecule has 1 atom stereocenters. The predicted molar refractivity (Wildman–Crippen MR) is 68.0 cm³/mol. The summed E-state index contributed by atoms with van der Waals surface area (Å²) in [5, 5.41) is 9.61. The molecule has 1 rings (SSSR count). The molecule has 19 heavy (non-hydrogen) atoms. The number of aromatic nitrogens is 1. The van der Waals surface area contributed by atoms with Gasteiger partial charge < -0.3 is 5.11 Å². The van der Waals surface area contributed by atoms with Gasteiger partial charge in [0.2, 0.25) is 0 Å². The van der Waals surface area contributed by atoms with Gasteiger partial charge in [0, 0.05) is 5.56 Å². The summed E-state index contributed by atoms with van der Waals surface area (Å²) >= 11 is 5.70. The zero-order valence-electron chi connectivity index (χ0n) is 10.7. The summed E-state index contributed by atoms with van der Waals surface area (Å²) in [5.41, 5.74) is -0.786. The summed E-state index contributed by atoms with van der Waals surface area (Å²) in [6.07, 6.45) is -0.948. The van der Waals surface area contributed by atoms with Crippen LogP contribution in [0.5, 0.6) is 0 Å². The number of rotatable bonds is 6. The Morgan fingerprint density at radius 2 is 1.95 bits per heavy atom. The van der Waals surface area contributed by atoms with Crippen LogP contribution in [0.25, 0.3) is 0 Å². The molecule has 0 aliphatic carbocycles. The van der Waals surface area contributed by atoms with Crippen molar-refractivity contribution in [3.63, 3.8) is 0 Å². The summed E-state index contributed by atoms with van der Waals surface area (Å²) in [5.74, 6) is 0. The van der Waals surface area contributed by atoms with E-state index in [0.717, 1.165) is 31.7 Å². The summed E-state index contributed by atoms with van der Waals surface area (Å²) in [7, 11) is 0. The van der Waals surface area contributed by atoms with Crippen LogP contribution in [-0.2, 0) is 6.18 Å². The number of halogens is 4. The second-order valence-electron chi connectivity index (χ2n) is 4.44. The van der Waals surface area contributed by atoms with Crippen molar-refractivity contribution in [1.29, 1.82) is 0 Å². The van der Waals surface area contributed by atoms with Gasteiger partial charge in [-0.25, -0.2) is 4.98 Å². The number of nitrogens with zero attached hydrogens (tertiary/aromatic N) is 1. The van der Waals surface area contributed by atoms with Crippen LogP contribution in [0.2, 0.25) is 5.15 Å². The molecule has 0 spiro atoms. The first-order valence-corrected chi connectivity index (χ1v) is 6.65. The molecule has 0 saturated heterocycles. The molecule has 0 bridgehead atoms. The van der Waals surface area contributed by atoms with Crippen LogP contribution in [-0.4, -0.2) is 10.1 Å². The molecule has 1 aromatic heterocycles. The van der Waals surface area contributed by atoms with E-state index in [1.165, 1.54) is 6.07 Å². The Kier molecular flexibility index (Phi) is 6.07.